The summed E-state index contributed by atoms with van der Waals surface area (Å²) in [5.74, 6) is -2.94. The van der Waals surface area contributed by atoms with E-state index in [-0.39, 0.29) is 24.0 Å². The van der Waals surface area contributed by atoms with Gasteiger partial charge in [0.15, 0.2) is 0 Å². The molecule has 146 valence electrons. The lowest BCUT2D eigenvalue weighted by atomic mass is 10.1. The van der Waals surface area contributed by atoms with E-state index in [1.54, 1.807) is 5.32 Å². The second-order valence-corrected chi connectivity index (χ2v) is 5.06. The van der Waals surface area contributed by atoms with E-state index in [1.165, 1.54) is 0 Å². The monoisotopic (exact) mass is 397 g/mol. The normalized spacial score (nSPS) is 11.9. The molecule has 0 atom stereocenters. The number of amides is 2. The van der Waals surface area contributed by atoms with Crippen LogP contribution < -0.4 is 16.3 Å². The number of benzene rings is 1. The Kier molecular flexibility index (Phi) is 5.28. The van der Waals surface area contributed by atoms with Gasteiger partial charge in [0.2, 0.25) is 0 Å². The first-order valence-electron chi connectivity index (χ1n) is 6.88. The van der Waals surface area contributed by atoms with Crippen molar-refractivity contribution in [3.05, 3.63) is 45.6 Å². The number of aromatic nitrogens is 3. The van der Waals surface area contributed by atoms with E-state index in [2.05, 4.69) is 10.1 Å². The van der Waals surface area contributed by atoms with Gasteiger partial charge < -0.3 is 10.6 Å². The van der Waals surface area contributed by atoms with E-state index in [0.717, 1.165) is 0 Å². The molecule has 2 amide bonds. The molecule has 0 fully saturated rings. The highest BCUT2D eigenvalue weighted by molar-refractivity contribution is 6.39. The Hall–Kier alpha value is -3.32. The quantitative estimate of drug-likeness (QED) is 0.462. The van der Waals surface area contributed by atoms with E-state index in [0.29, 0.717) is 0 Å². The van der Waals surface area contributed by atoms with Gasteiger partial charge in [-0.05, 0) is 18.2 Å². The molecule has 0 bridgehead atoms. The van der Waals surface area contributed by atoms with Gasteiger partial charge in [-0.15, -0.1) is 0 Å². The summed E-state index contributed by atoms with van der Waals surface area (Å²) in [6, 6.07) is 0.390. The number of nitrogens with one attached hydrogen (secondary N) is 4. The molecule has 1 aromatic heterocycles. The Balaban J connectivity index is 2.15. The van der Waals surface area contributed by atoms with Crippen molar-refractivity contribution in [3.63, 3.8) is 0 Å². The molecule has 0 aliphatic heterocycles. The average molecular weight is 397 g/mol. The molecule has 0 saturated heterocycles. The fourth-order valence-corrected chi connectivity index (χ4v) is 1.85. The van der Waals surface area contributed by atoms with Gasteiger partial charge in [0.1, 0.15) is 5.82 Å². The number of H-pyrrole nitrogens is 2. The Morgan fingerprint density at radius 3 is 1.96 bits per heavy atom. The molecule has 2 aromatic rings. The molecule has 4 N–H and O–H groups in total. The molecule has 1 aromatic carbocycles. The topological polar surface area (TPSA) is 120 Å². The Labute approximate surface area is 145 Å². The fourth-order valence-electron chi connectivity index (χ4n) is 1.85. The molecule has 0 aliphatic carbocycles. The maximum atomic E-state index is 12.7. The first-order chi connectivity index (χ1) is 12.4. The van der Waals surface area contributed by atoms with Gasteiger partial charge in [0.05, 0.1) is 17.7 Å². The first-order valence-corrected chi connectivity index (χ1v) is 6.88. The number of nitrogens with zero attached hydrogens (tertiary/aromatic N) is 1. The standard InChI is InChI=1S/C13H9F6N5O3/c14-12(15,16)5-1-6(13(17,18)19)3-7(2-5)21-10(26)9(25)20-4-8-22-11(27)24-23-8/h1-3H,4H2,(H,20,25)(H,21,26)(H2,22,23,24,27). The molecule has 0 spiro atoms. The lowest BCUT2D eigenvalue weighted by Gasteiger charge is -2.14. The van der Waals surface area contributed by atoms with Crippen molar-refractivity contribution >= 4 is 17.5 Å². The molecule has 0 radical (unpaired) electrons. The van der Waals surface area contributed by atoms with Gasteiger partial charge in [0.25, 0.3) is 0 Å². The lowest BCUT2D eigenvalue weighted by Crippen LogP contribution is -2.35. The predicted octanol–water partition coefficient (Wildman–Crippen LogP) is 1.39. The van der Waals surface area contributed by atoms with Crippen molar-refractivity contribution in [2.75, 3.05) is 5.32 Å². The van der Waals surface area contributed by atoms with Crippen LogP contribution in [0.4, 0.5) is 32.0 Å². The van der Waals surface area contributed by atoms with Crippen molar-refractivity contribution in [2.45, 2.75) is 18.9 Å². The van der Waals surface area contributed by atoms with Crippen LogP contribution in [0.15, 0.2) is 23.0 Å². The highest BCUT2D eigenvalue weighted by atomic mass is 19.4. The van der Waals surface area contributed by atoms with Gasteiger partial charge in [-0.3, -0.25) is 14.6 Å². The molecule has 0 aliphatic rings. The van der Waals surface area contributed by atoms with E-state index < -0.39 is 53.2 Å². The average Bonchev–Trinajstić information content (AvgIpc) is 2.96. The summed E-state index contributed by atoms with van der Waals surface area (Å²) in [5, 5.41) is 9.03. The van der Waals surface area contributed by atoms with Crippen LogP contribution in [-0.2, 0) is 28.5 Å². The maximum absolute atomic E-state index is 12.7. The number of alkyl halides is 6. The minimum Gasteiger partial charge on any atom is -0.341 e. The van der Waals surface area contributed by atoms with Crippen LogP contribution in [0.1, 0.15) is 17.0 Å². The van der Waals surface area contributed by atoms with Crippen molar-refractivity contribution in [1.82, 2.24) is 20.5 Å². The lowest BCUT2D eigenvalue weighted by molar-refractivity contribution is -0.143. The van der Waals surface area contributed by atoms with Crippen LogP contribution in [0.5, 0.6) is 0 Å². The summed E-state index contributed by atoms with van der Waals surface area (Å²) >= 11 is 0. The third-order valence-electron chi connectivity index (χ3n) is 3.02. The van der Waals surface area contributed by atoms with E-state index >= 15 is 0 Å². The zero-order valence-corrected chi connectivity index (χ0v) is 12.9. The Morgan fingerprint density at radius 1 is 0.963 bits per heavy atom. The van der Waals surface area contributed by atoms with Gasteiger partial charge in [-0.25, -0.2) is 9.89 Å². The van der Waals surface area contributed by atoms with Crippen LogP contribution in [-0.4, -0.2) is 27.0 Å². The van der Waals surface area contributed by atoms with E-state index in [9.17, 15) is 40.7 Å². The van der Waals surface area contributed by atoms with Crippen LogP contribution in [0.2, 0.25) is 0 Å². The van der Waals surface area contributed by atoms with Crippen molar-refractivity contribution < 1.29 is 35.9 Å². The van der Waals surface area contributed by atoms with Crippen LogP contribution in [0.25, 0.3) is 0 Å². The third-order valence-corrected chi connectivity index (χ3v) is 3.02. The second-order valence-electron chi connectivity index (χ2n) is 5.06. The zero-order chi connectivity index (χ0) is 20.4. The minimum atomic E-state index is -5.10. The molecule has 27 heavy (non-hydrogen) atoms. The van der Waals surface area contributed by atoms with Crippen LogP contribution >= 0.6 is 0 Å². The number of aromatic amines is 2. The summed E-state index contributed by atoms with van der Waals surface area (Å²) in [5.41, 5.74) is -4.86. The second kappa shape index (κ2) is 7.13. The van der Waals surface area contributed by atoms with Crippen LogP contribution in [0, 0.1) is 0 Å². The molecule has 2 rings (SSSR count). The summed E-state index contributed by atoms with van der Waals surface area (Å²) in [4.78, 5) is 36.2. The molecule has 14 heteroatoms. The van der Waals surface area contributed by atoms with Crippen molar-refractivity contribution in [3.8, 4) is 0 Å². The highest BCUT2D eigenvalue weighted by Gasteiger charge is 2.37. The number of hydrogen-bond acceptors (Lipinski definition) is 4. The number of halogens is 6. The predicted molar refractivity (Wildman–Crippen MR) is 76.1 cm³/mol. The van der Waals surface area contributed by atoms with E-state index in [4.69, 9.17) is 0 Å². The van der Waals surface area contributed by atoms with Crippen LogP contribution in [0.3, 0.4) is 0 Å². The maximum Gasteiger partial charge on any atom is 0.416 e. The van der Waals surface area contributed by atoms with Gasteiger partial charge in [-0.1, -0.05) is 0 Å². The number of hydrogen-bond donors (Lipinski definition) is 4. The summed E-state index contributed by atoms with van der Waals surface area (Å²) < 4.78 is 76.5. The molecular weight excluding hydrogens is 388 g/mol. The van der Waals surface area contributed by atoms with Gasteiger partial charge in [-0.2, -0.15) is 31.4 Å². The van der Waals surface area contributed by atoms with Gasteiger partial charge >= 0.3 is 29.9 Å². The summed E-state index contributed by atoms with van der Waals surface area (Å²) in [6.45, 7) is -0.415. The summed E-state index contributed by atoms with van der Waals surface area (Å²) in [6.07, 6.45) is -10.2. The molecule has 8 nitrogen and oxygen atoms in total. The van der Waals surface area contributed by atoms with Crippen molar-refractivity contribution in [1.29, 1.82) is 0 Å². The minimum absolute atomic E-state index is 0.0559. The number of carbonyl (C=O) groups excluding carboxylic acids is 2. The Bertz CT molecular complexity index is 882. The molecular formula is C13H9F6N5O3. The fraction of sp³-hybridized carbons (Fsp3) is 0.231. The highest BCUT2D eigenvalue weighted by Crippen LogP contribution is 2.37. The number of anilines is 1. The number of carbonyl (C=O) groups is 2. The largest absolute Gasteiger partial charge is 0.416 e. The van der Waals surface area contributed by atoms with Gasteiger partial charge in [0, 0.05) is 5.69 Å². The molecule has 0 saturated carbocycles. The molecule has 0 unspecified atom stereocenters. The Morgan fingerprint density at radius 2 is 1.52 bits per heavy atom. The number of rotatable bonds is 3. The zero-order valence-electron chi connectivity index (χ0n) is 12.9. The third kappa shape index (κ3) is 5.32. The first kappa shape index (κ1) is 20.0. The van der Waals surface area contributed by atoms with E-state index in [1.807, 2.05) is 10.4 Å². The molecule has 1 heterocycles. The summed E-state index contributed by atoms with van der Waals surface area (Å²) in [7, 11) is 0. The van der Waals surface area contributed by atoms with Crippen molar-refractivity contribution in [2.24, 2.45) is 0 Å². The smallest absolute Gasteiger partial charge is 0.341 e. The SMILES string of the molecule is O=C(NCc1n[nH]c(=O)[nH]1)C(=O)Nc1cc(C(F)(F)F)cc(C(F)(F)F)c1.